The normalized spacial score (nSPS) is 12.0. The van der Waals surface area contributed by atoms with Gasteiger partial charge >= 0.3 is 0 Å². The van der Waals surface area contributed by atoms with Crippen LogP contribution in [-0.2, 0) is 12.0 Å². The number of hydrogen-bond acceptors (Lipinski definition) is 6. The zero-order chi connectivity index (χ0) is 17.9. The number of rotatable bonds is 5. The van der Waals surface area contributed by atoms with Gasteiger partial charge in [-0.2, -0.15) is 10.2 Å². The fraction of sp³-hybridized carbons (Fsp3) is 0.438. The number of hydrogen-bond donors (Lipinski definition) is 1. The first kappa shape index (κ1) is 17.6. The molecule has 2 rings (SSSR count). The third kappa shape index (κ3) is 3.76. The lowest BCUT2D eigenvalue weighted by molar-refractivity contribution is -0.384. The largest absolute Gasteiger partial charge is 0.382 e. The summed E-state index contributed by atoms with van der Waals surface area (Å²) in [5, 5.41) is 23.7. The number of anilines is 1. The van der Waals surface area contributed by atoms with E-state index in [1.165, 1.54) is 12.1 Å². The number of aromatic nitrogens is 2. The topological polar surface area (TPSA) is 112 Å². The summed E-state index contributed by atoms with van der Waals surface area (Å²) in [4.78, 5) is 10.2. The fourth-order valence-corrected chi connectivity index (χ4v) is 2.20. The molecule has 0 aliphatic carbocycles. The highest BCUT2D eigenvalue weighted by atomic mass is 16.6. The summed E-state index contributed by atoms with van der Waals surface area (Å²) in [6.45, 7) is 8.87. The quantitative estimate of drug-likeness (QED) is 0.494. The van der Waals surface area contributed by atoms with Gasteiger partial charge in [0, 0.05) is 24.1 Å². The molecule has 0 spiro atoms. The van der Waals surface area contributed by atoms with E-state index in [1.54, 1.807) is 16.8 Å². The Bertz CT molecular complexity index is 756. The maximum Gasteiger partial charge on any atom is 0.269 e. The van der Waals surface area contributed by atoms with Gasteiger partial charge in [-0.3, -0.25) is 10.1 Å². The maximum atomic E-state index is 10.7. The zero-order valence-electron chi connectivity index (χ0n) is 14.4. The number of nitro groups is 1. The Labute approximate surface area is 140 Å². The van der Waals surface area contributed by atoms with Crippen molar-refractivity contribution in [3.63, 3.8) is 0 Å². The molecule has 0 atom stereocenters. The molecule has 0 bridgehead atoms. The second kappa shape index (κ2) is 6.77. The van der Waals surface area contributed by atoms with Gasteiger partial charge in [-0.15, -0.1) is 5.11 Å². The highest BCUT2D eigenvalue weighted by molar-refractivity contribution is 5.63. The van der Waals surface area contributed by atoms with Crippen molar-refractivity contribution in [1.29, 1.82) is 0 Å². The van der Waals surface area contributed by atoms with Crippen molar-refractivity contribution in [3.05, 3.63) is 40.1 Å². The molecule has 8 nitrogen and oxygen atoms in total. The van der Waals surface area contributed by atoms with Crippen LogP contribution in [0, 0.1) is 10.1 Å². The van der Waals surface area contributed by atoms with Crippen LogP contribution in [0.4, 0.5) is 22.9 Å². The monoisotopic (exact) mass is 330 g/mol. The van der Waals surface area contributed by atoms with Crippen molar-refractivity contribution < 1.29 is 4.92 Å². The van der Waals surface area contributed by atoms with E-state index in [1.807, 2.05) is 20.8 Å². The summed E-state index contributed by atoms with van der Waals surface area (Å²) < 4.78 is 1.74. The third-order valence-corrected chi connectivity index (χ3v) is 3.44. The average Bonchev–Trinajstić information content (AvgIpc) is 2.83. The van der Waals surface area contributed by atoms with Crippen molar-refractivity contribution in [1.82, 2.24) is 9.78 Å². The summed E-state index contributed by atoms with van der Waals surface area (Å²) in [5.41, 5.74) is 7.80. The van der Waals surface area contributed by atoms with Crippen molar-refractivity contribution in [3.8, 4) is 0 Å². The molecule has 1 aromatic carbocycles. The van der Waals surface area contributed by atoms with Gasteiger partial charge in [0.15, 0.2) is 5.69 Å². The Balaban J connectivity index is 2.38. The number of nitrogens with two attached hydrogens (primary N) is 1. The van der Waals surface area contributed by atoms with Gasteiger partial charge in [0.2, 0.25) is 0 Å². The zero-order valence-corrected chi connectivity index (χ0v) is 14.4. The average molecular weight is 330 g/mol. The summed E-state index contributed by atoms with van der Waals surface area (Å²) >= 11 is 0. The van der Waals surface area contributed by atoms with Gasteiger partial charge in [0.05, 0.1) is 16.3 Å². The van der Waals surface area contributed by atoms with E-state index >= 15 is 0 Å². The molecule has 2 N–H and O–H groups in total. The van der Waals surface area contributed by atoms with Gasteiger partial charge in [0.1, 0.15) is 5.82 Å². The molecule has 0 saturated heterocycles. The SMILES string of the molecule is CCCn1nc(C(C)(C)C)c(N=Nc2ccc([N+](=O)[O-])cc2)c1N. The van der Waals surface area contributed by atoms with E-state index in [2.05, 4.69) is 22.3 Å². The summed E-state index contributed by atoms with van der Waals surface area (Å²) in [6, 6.07) is 5.88. The van der Waals surface area contributed by atoms with E-state index < -0.39 is 4.92 Å². The Kier molecular flexibility index (Phi) is 4.96. The first-order valence-corrected chi connectivity index (χ1v) is 7.77. The summed E-state index contributed by atoms with van der Waals surface area (Å²) in [6.07, 6.45) is 0.911. The molecule has 0 radical (unpaired) electrons. The first-order valence-electron chi connectivity index (χ1n) is 7.77. The highest BCUT2D eigenvalue weighted by Gasteiger charge is 2.26. The molecule has 1 heterocycles. The number of benzene rings is 1. The Morgan fingerprint density at radius 3 is 2.38 bits per heavy atom. The molecule has 2 aromatic rings. The van der Waals surface area contributed by atoms with Crippen LogP contribution in [0.3, 0.4) is 0 Å². The lowest BCUT2D eigenvalue weighted by Gasteiger charge is -2.15. The molecule has 8 heteroatoms. The van der Waals surface area contributed by atoms with E-state index in [0.717, 1.165) is 12.1 Å². The van der Waals surface area contributed by atoms with Gasteiger partial charge in [-0.25, -0.2) is 4.68 Å². The van der Waals surface area contributed by atoms with Gasteiger partial charge in [-0.05, 0) is 18.6 Å². The van der Waals surface area contributed by atoms with Crippen LogP contribution in [0.15, 0.2) is 34.5 Å². The molecule has 0 fully saturated rings. The molecule has 1 aromatic heterocycles. The van der Waals surface area contributed by atoms with Crippen LogP contribution in [-0.4, -0.2) is 14.7 Å². The van der Waals surface area contributed by atoms with E-state index in [0.29, 0.717) is 23.7 Å². The Morgan fingerprint density at radius 1 is 1.25 bits per heavy atom. The molecule has 0 amide bonds. The standard InChI is InChI=1S/C16H22N6O2/c1-5-10-21-15(17)13(14(20-21)16(2,3)4)19-18-11-6-8-12(9-7-11)22(23)24/h6-9H,5,10,17H2,1-4H3. The second-order valence-corrected chi connectivity index (χ2v) is 6.53. The van der Waals surface area contributed by atoms with Gasteiger partial charge in [-0.1, -0.05) is 27.7 Å². The summed E-state index contributed by atoms with van der Waals surface area (Å²) in [7, 11) is 0. The molecular formula is C16H22N6O2. The van der Waals surface area contributed by atoms with Crippen molar-refractivity contribution in [2.45, 2.75) is 46.1 Å². The van der Waals surface area contributed by atoms with E-state index in [9.17, 15) is 10.1 Å². The molecule has 0 aliphatic rings. The molecule has 0 saturated carbocycles. The molecule has 128 valence electrons. The Hall–Kier alpha value is -2.77. The van der Waals surface area contributed by atoms with Crippen LogP contribution in [0.2, 0.25) is 0 Å². The predicted molar refractivity (Wildman–Crippen MR) is 92.9 cm³/mol. The minimum Gasteiger partial charge on any atom is -0.382 e. The van der Waals surface area contributed by atoms with Crippen LogP contribution >= 0.6 is 0 Å². The minimum absolute atomic E-state index is 0.0135. The number of azo groups is 1. The number of non-ortho nitro benzene ring substituents is 1. The maximum absolute atomic E-state index is 10.7. The summed E-state index contributed by atoms with van der Waals surface area (Å²) in [5.74, 6) is 0.479. The third-order valence-electron chi connectivity index (χ3n) is 3.44. The van der Waals surface area contributed by atoms with Crippen LogP contribution < -0.4 is 5.73 Å². The molecule has 24 heavy (non-hydrogen) atoms. The highest BCUT2D eigenvalue weighted by Crippen LogP contribution is 2.36. The fourth-order valence-electron chi connectivity index (χ4n) is 2.20. The lowest BCUT2D eigenvalue weighted by Crippen LogP contribution is -2.13. The molecule has 0 aliphatic heterocycles. The smallest absolute Gasteiger partial charge is 0.269 e. The molecule has 0 unspecified atom stereocenters. The van der Waals surface area contributed by atoms with Gasteiger partial charge in [0.25, 0.3) is 5.69 Å². The van der Waals surface area contributed by atoms with Gasteiger partial charge < -0.3 is 5.73 Å². The van der Waals surface area contributed by atoms with Crippen molar-refractivity contribution >= 4 is 22.9 Å². The van der Waals surface area contributed by atoms with Crippen LogP contribution in [0.5, 0.6) is 0 Å². The lowest BCUT2D eigenvalue weighted by atomic mass is 9.91. The number of nitrogens with zero attached hydrogens (tertiary/aromatic N) is 5. The number of aryl methyl sites for hydroxylation is 1. The number of nitrogen functional groups attached to an aromatic ring is 1. The van der Waals surface area contributed by atoms with Crippen molar-refractivity contribution in [2.75, 3.05) is 5.73 Å². The first-order chi connectivity index (χ1) is 11.2. The van der Waals surface area contributed by atoms with E-state index in [4.69, 9.17) is 5.73 Å². The number of nitro benzene ring substituents is 1. The molecular weight excluding hydrogens is 308 g/mol. The predicted octanol–water partition coefficient (Wildman–Crippen LogP) is 4.50. The van der Waals surface area contributed by atoms with Crippen molar-refractivity contribution in [2.24, 2.45) is 10.2 Å². The van der Waals surface area contributed by atoms with Crippen LogP contribution in [0.25, 0.3) is 0 Å². The Morgan fingerprint density at radius 2 is 1.88 bits per heavy atom. The van der Waals surface area contributed by atoms with Crippen LogP contribution in [0.1, 0.15) is 39.8 Å². The minimum atomic E-state index is -0.453. The second-order valence-electron chi connectivity index (χ2n) is 6.53. The van der Waals surface area contributed by atoms with E-state index in [-0.39, 0.29) is 11.1 Å².